The van der Waals surface area contributed by atoms with E-state index in [0.29, 0.717) is 0 Å². The molecule has 25 heavy (non-hydrogen) atoms. The van der Waals surface area contributed by atoms with Crippen LogP contribution in [0.5, 0.6) is 0 Å². The van der Waals surface area contributed by atoms with Crippen molar-refractivity contribution in [3.05, 3.63) is 14.9 Å². The quantitative estimate of drug-likeness (QED) is 0.318. The Balaban J connectivity index is -0.000000735. The summed E-state index contributed by atoms with van der Waals surface area (Å²) >= 11 is 0. The first-order valence-electron chi connectivity index (χ1n) is 8.57. The molecule has 0 amide bonds. The molecule has 0 saturated heterocycles. The number of hydrogen-bond donors (Lipinski definition) is 0. The molecule has 0 radical (unpaired) electrons. The Bertz CT molecular complexity index is 258. The zero-order valence-electron chi connectivity index (χ0n) is 19.5. The predicted octanol–water partition coefficient (Wildman–Crippen LogP) is -4.07. The van der Waals surface area contributed by atoms with Crippen molar-refractivity contribution in [2.24, 2.45) is 0 Å². The van der Waals surface area contributed by atoms with Gasteiger partial charge in [0.15, 0.2) is 0 Å². The predicted molar refractivity (Wildman–Crippen MR) is 111 cm³/mol. The summed E-state index contributed by atoms with van der Waals surface area (Å²) in [6, 6.07) is 0. The minimum absolute atomic E-state index is 0. The van der Waals surface area contributed by atoms with Crippen molar-refractivity contribution in [2.75, 3.05) is 39.3 Å². The van der Waals surface area contributed by atoms with E-state index in [0.717, 1.165) is 39.3 Å². The van der Waals surface area contributed by atoms with Crippen LogP contribution in [0.3, 0.4) is 0 Å². The van der Waals surface area contributed by atoms with Gasteiger partial charge in [-0.3, -0.25) is 0 Å². The average Bonchev–Trinajstić information content (AvgIpc) is 2.23. The molecule has 0 heterocycles. The summed E-state index contributed by atoms with van der Waals surface area (Å²) in [5, 5.41) is 0. The van der Waals surface area contributed by atoms with Crippen molar-refractivity contribution in [2.45, 2.75) is 58.9 Å². The standard InChI is InChI=1S/C15H39N4Si3.3Li/c1-20(2,3)16-10-13-19(14-11-17-21(4,5)6)15-12-18-22(7,8)9;;;/h10-15H2,1-9H3;;;/q-3;3*+1. The fourth-order valence-electron chi connectivity index (χ4n) is 1.92. The van der Waals surface area contributed by atoms with Gasteiger partial charge in [-0.05, 0) is 19.6 Å². The molecular weight excluding hydrogens is 341 g/mol. The molecule has 0 aliphatic carbocycles. The molecule has 0 aromatic carbocycles. The van der Waals surface area contributed by atoms with Crippen LogP contribution in [0.1, 0.15) is 0 Å². The monoisotopic (exact) mass is 380 g/mol. The largest absolute Gasteiger partial charge is 1.00 e. The van der Waals surface area contributed by atoms with E-state index in [2.05, 4.69) is 63.8 Å². The molecule has 0 aromatic rings. The summed E-state index contributed by atoms with van der Waals surface area (Å²) in [6.45, 7) is 26.8. The molecule has 134 valence electrons. The van der Waals surface area contributed by atoms with Gasteiger partial charge in [0.05, 0.1) is 0 Å². The van der Waals surface area contributed by atoms with Crippen LogP contribution in [-0.4, -0.2) is 68.9 Å². The van der Waals surface area contributed by atoms with Gasteiger partial charge in [-0.25, -0.2) is 0 Å². The van der Waals surface area contributed by atoms with E-state index in [4.69, 9.17) is 14.9 Å². The molecule has 0 N–H and O–H groups in total. The Hall–Kier alpha value is 2.28. The Labute approximate surface area is 198 Å². The zero-order valence-corrected chi connectivity index (χ0v) is 22.5. The van der Waals surface area contributed by atoms with Crippen LogP contribution in [0.25, 0.3) is 14.9 Å². The maximum atomic E-state index is 4.86. The van der Waals surface area contributed by atoms with Crippen molar-refractivity contribution in [1.82, 2.24) is 4.90 Å². The van der Waals surface area contributed by atoms with Gasteiger partial charge >= 0.3 is 56.6 Å². The molecule has 0 atom stereocenters. The molecule has 0 fully saturated rings. The molecule has 0 unspecified atom stereocenters. The van der Waals surface area contributed by atoms with E-state index in [1.54, 1.807) is 0 Å². The molecule has 0 bridgehead atoms. The van der Waals surface area contributed by atoms with E-state index < -0.39 is 24.7 Å². The third-order valence-electron chi connectivity index (χ3n) is 3.01. The third-order valence-corrected chi connectivity index (χ3v) is 6.52. The maximum absolute atomic E-state index is 4.86. The van der Waals surface area contributed by atoms with Crippen LogP contribution in [-0.2, 0) is 0 Å². The molecule has 0 aliphatic rings. The summed E-state index contributed by atoms with van der Waals surface area (Å²) in [4.78, 5) is 17.1. The van der Waals surface area contributed by atoms with E-state index in [1.807, 2.05) is 0 Å². The summed E-state index contributed by atoms with van der Waals surface area (Å²) in [5.74, 6) is 0. The van der Waals surface area contributed by atoms with Gasteiger partial charge in [0.25, 0.3) is 0 Å². The Morgan fingerprint density at radius 1 is 0.480 bits per heavy atom. The van der Waals surface area contributed by atoms with Crippen molar-refractivity contribution in [3.8, 4) is 0 Å². The van der Waals surface area contributed by atoms with Gasteiger partial charge in [-0.2, -0.15) is 0 Å². The molecule has 4 nitrogen and oxygen atoms in total. The fraction of sp³-hybridized carbons (Fsp3) is 1.00. The van der Waals surface area contributed by atoms with Crippen LogP contribution in [0.4, 0.5) is 0 Å². The minimum atomic E-state index is -1.28. The molecule has 0 aliphatic heterocycles. The first-order valence-corrected chi connectivity index (χ1v) is 18.9. The van der Waals surface area contributed by atoms with Gasteiger partial charge in [0.2, 0.25) is 0 Å². The molecule has 0 aromatic heterocycles. The maximum Gasteiger partial charge on any atom is 1.00 e. The van der Waals surface area contributed by atoms with Crippen molar-refractivity contribution >= 4 is 24.7 Å². The van der Waals surface area contributed by atoms with Gasteiger partial charge in [-0.15, -0.1) is 19.6 Å². The first-order chi connectivity index (χ1) is 9.79. The first kappa shape index (κ1) is 34.8. The molecule has 10 heteroatoms. The van der Waals surface area contributed by atoms with Gasteiger partial charge in [0.1, 0.15) is 0 Å². The summed E-state index contributed by atoms with van der Waals surface area (Å²) < 4.78 is 0. The fourth-order valence-corrected chi connectivity index (χ4v) is 4.23. The van der Waals surface area contributed by atoms with E-state index in [-0.39, 0.29) is 56.6 Å². The number of hydrogen-bond acceptors (Lipinski definition) is 1. The van der Waals surface area contributed by atoms with E-state index >= 15 is 0 Å². The summed E-state index contributed by atoms with van der Waals surface area (Å²) in [5.41, 5.74) is 0. The van der Waals surface area contributed by atoms with Crippen molar-refractivity contribution in [3.63, 3.8) is 0 Å². The number of rotatable bonds is 12. The third kappa shape index (κ3) is 28.6. The van der Waals surface area contributed by atoms with E-state index in [1.165, 1.54) is 0 Å². The molecule has 0 saturated carbocycles. The zero-order chi connectivity index (χ0) is 17.4. The van der Waals surface area contributed by atoms with Crippen LogP contribution in [0.15, 0.2) is 0 Å². The van der Waals surface area contributed by atoms with Gasteiger partial charge < -0.3 is 19.8 Å². The van der Waals surface area contributed by atoms with Crippen LogP contribution >= 0.6 is 0 Å². The Morgan fingerprint density at radius 3 is 0.840 bits per heavy atom. The minimum Gasteiger partial charge on any atom is -0.664 e. The number of nitrogens with zero attached hydrogens (tertiary/aromatic N) is 4. The molecule has 0 spiro atoms. The molecular formula is C15H39Li3N4Si3. The SMILES string of the molecule is C[Si](C)(C)[N-]CCN(CC[N-][Si](C)(C)C)CC[N-][Si](C)(C)C.[Li+].[Li+].[Li+]. The Kier molecular flexibility index (Phi) is 22.4. The van der Waals surface area contributed by atoms with Crippen LogP contribution in [0.2, 0.25) is 58.9 Å². The van der Waals surface area contributed by atoms with Crippen molar-refractivity contribution < 1.29 is 56.6 Å². The molecule has 0 rings (SSSR count). The van der Waals surface area contributed by atoms with E-state index in [9.17, 15) is 0 Å². The second-order valence-electron chi connectivity index (χ2n) is 9.00. The second-order valence-corrected chi connectivity index (χ2v) is 23.0. The second kappa shape index (κ2) is 16.1. The van der Waals surface area contributed by atoms with Gasteiger partial charge in [-0.1, -0.05) is 83.6 Å². The topological polar surface area (TPSA) is 45.5 Å². The smallest absolute Gasteiger partial charge is 0.664 e. The van der Waals surface area contributed by atoms with Crippen LogP contribution < -0.4 is 56.6 Å². The summed E-state index contributed by atoms with van der Waals surface area (Å²) in [6.07, 6.45) is 0. The van der Waals surface area contributed by atoms with Gasteiger partial charge in [0, 0.05) is 0 Å². The summed E-state index contributed by atoms with van der Waals surface area (Å²) in [7, 11) is -3.84. The van der Waals surface area contributed by atoms with Crippen LogP contribution in [0, 0.1) is 0 Å². The normalized spacial score (nSPS) is 12.2. The average molecular weight is 381 g/mol. The van der Waals surface area contributed by atoms with Crippen molar-refractivity contribution in [1.29, 1.82) is 0 Å². The Morgan fingerprint density at radius 2 is 0.680 bits per heavy atom.